The number of benzene rings is 10. The monoisotopic (exact) mass is 658 g/mol. The fourth-order valence-electron chi connectivity index (χ4n) is 8.29. The molecule has 0 nitrogen and oxygen atoms in total. The topological polar surface area (TPSA) is 0 Å². The van der Waals surface area contributed by atoms with Crippen molar-refractivity contribution in [3.05, 3.63) is 206 Å². The van der Waals surface area contributed by atoms with Gasteiger partial charge in [0.1, 0.15) is 0 Å². The molecule has 0 radical (unpaired) electrons. The second kappa shape index (κ2) is 12.5. The molecule has 0 spiro atoms. The fraction of sp³-hybridized carbons (Fsp3) is 0. The highest BCUT2D eigenvalue weighted by molar-refractivity contribution is 6.24. The Morgan fingerprint density at radius 2 is 0.654 bits per heavy atom. The zero-order chi connectivity index (χ0) is 34.4. The van der Waals surface area contributed by atoms with E-state index in [-0.39, 0.29) is 0 Å². The molecule has 0 amide bonds. The third-order valence-electron chi connectivity index (χ3n) is 10.6. The first-order chi connectivity index (χ1) is 25.8. The molecular weight excluding hydrogens is 625 g/mol. The minimum Gasteiger partial charge on any atom is -0.0622 e. The van der Waals surface area contributed by atoms with Crippen molar-refractivity contribution in [2.45, 2.75) is 0 Å². The van der Waals surface area contributed by atoms with Crippen LogP contribution < -0.4 is 0 Å². The van der Waals surface area contributed by atoms with E-state index in [9.17, 15) is 0 Å². The van der Waals surface area contributed by atoms with Gasteiger partial charge in [0.15, 0.2) is 0 Å². The highest BCUT2D eigenvalue weighted by atomic mass is 14.2. The van der Waals surface area contributed by atoms with Crippen molar-refractivity contribution in [2.75, 3.05) is 0 Å². The molecular formula is C52H34. The first-order valence-electron chi connectivity index (χ1n) is 18.0. The number of hydrogen-bond acceptors (Lipinski definition) is 0. The second-order valence-electron chi connectivity index (χ2n) is 13.6. The first kappa shape index (κ1) is 30.1. The summed E-state index contributed by atoms with van der Waals surface area (Å²) in [5.74, 6) is 0. The van der Waals surface area contributed by atoms with Gasteiger partial charge in [-0.05, 0) is 117 Å². The fourth-order valence-corrected chi connectivity index (χ4v) is 8.29. The van der Waals surface area contributed by atoms with Gasteiger partial charge >= 0.3 is 0 Å². The predicted octanol–water partition coefficient (Wildman–Crippen LogP) is 14.6. The Bertz CT molecular complexity index is 2860. The van der Waals surface area contributed by atoms with Crippen LogP contribution in [0, 0.1) is 0 Å². The van der Waals surface area contributed by atoms with Crippen molar-refractivity contribution in [2.24, 2.45) is 0 Å². The summed E-state index contributed by atoms with van der Waals surface area (Å²) < 4.78 is 0. The van der Waals surface area contributed by atoms with Crippen molar-refractivity contribution < 1.29 is 0 Å². The van der Waals surface area contributed by atoms with Crippen molar-refractivity contribution in [1.29, 1.82) is 0 Å². The normalized spacial score (nSPS) is 11.5. The van der Waals surface area contributed by atoms with Crippen LogP contribution in [0.25, 0.3) is 98.7 Å². The lowest BCUT2D eigenvalue weighted by Gasteiger charge is -2.20. The van der Waals surface area contributed by atoms with Gasteiger partial charge in [0.05, 0.1) is 0 Å². The first-order valence-corrected chi connectivity index (χ1v) is 18.0. The maximum absolute atomic E-state index is 2.43. The molecule has 0 fully saturated rings. The van der Waals surface area contributed by atoms with Gasteiger partial charge in [0.25, 0.3) is 0 Å². The maximum atomic E-state index is 2.43. The zero-order valence-corrected chi connectivity index (χ0v) is 28.6. The molecule has 0 aromatic heterocycles. The number of fused-ring (bicyclic) bond motifs is 4. The molecule has 0 heteroatoms. The van der Waals surface area contributed by atoms with Crippen LogP contribution in [0.4, 0.5) is 0 Å². The largest absolute Gasteiger partial charge is 0.0622 e. The average molecular weight is 659 g/mol. The SMILES string of the molecule is c1ccc(-c2ccc(-c3ccccc3)c3cc(-c4cc(-c5c6ccccc6c(-c6ccccc6)c6ccccc56)c5ccccc5c4)ccc23)cc1. The summed E-state index contributed by atoms with van der Waals surface area (Å²) in [6.07, 6.45) is 0. The standard InChI is InChI=1S/C52H34/c1-4-16-35(17-5-1)42-30-31-43(36-18-6-2-7-19-36)49-33-38(28-29-44(42)49)40-32-39-22-10-11-23-41(39)50(34-40)52-47-26-14-12-24-45(47)51(37-20-8-3-9-21-37)46-25-13-15-27-48(46)52/h1-34H. The summed E-state index contributed by atoms with van der Waals surface area (Å²) in [6.45, 7) is 0. The Morgan fingerprint density at radius 1 is 0.192 bits per heavy atom. The van der Waals surface area contributed by atoms with Crippen LogP contribution in [0.15, 0.2) is 206 Å². The average Bonchev–Trinajstić information content (AvgIpc) is 3.22. The van der Waals surface area contributed by atoms with Crippen LogP contribution in [-0.2, 0) is 0 Å². The van der Waals surface area contributed by atoms with Gasteiger partial charge in [-0.3, -0.25) is 0 Å². The molecule has 10 aromatic rings. The molecule has 0 aliphatic carbocycles. The van der Waals surface area contributed by atoms with E-state index in [2.05, 4.69) is 206 Å². The van der Waals surface area contributed by atoms with Gasteiger partial charge in [-0.25, -0.2) is 0 Å². The molecule has 10 rings (SSSR count). The quantitative estimate of drug-likeness (QED) is 0.161. The molecule has 0 N–H and O–H groups in total. The van der Waals surface area contributed by atoms with E-state index in [0.29, 0.717) is 0 Å². The molecule has 0 atom stereocenters. The summed E-state index contributed by atoms with van der Waals surface area (Å²) in [5.41, 5.74) is 12.4. The van der Waals surface area contributed by atoms with Crippen LogP contribution in [0.3, 0.4) is 0 Å². The summed E-state index contributed by atoms with van der Waals surface area (Å²) in [4.78, 5) is 0. The number of hydrogen-bond donors (Lipinski definition) is 0. The van der Waals surface area contributed by atoms with Gasteiger partial charge in [0.2, 0.25) is 0 Å². The third kappa shape index (κ3) is 5.00. The summed E-state index contributed by atoms with van der Waals surface area (Å²) in [6, 6.07) is 75.5. The van der Waals surface area contributed by atoms with Crippen molar-refractivity contribution in [1.82, 2.24) is 0 Å². The van der Waals surface area contributed by atoms with Crippen LogP contribution >= 0.6 is 0 Å². The lowest BCUT2D eigenvalue weighted by Crippen LogP contribution is -1.92. The summed E-state index contributed by atoms with van der Waals surface area (Å²) in [5, 5.41) is 10.1. The zero-order valence-electron chi connectivity index (χ0n) is 28.6. The lowest BCUT2D eigenvalue weighted by molar-refractivity contribution is 1.61. The molecule has 0 bridgehead atoms. The van der Waals surface area contributed by atoms with Gasteiger partial charge in [0, 0.05) is 0 Å². The Kier molecular flexibility index (Phi) is 7.25. The Labute approximate surface area is 303 Å². The lowest BCUT2D eigenvalue weighted by atomic mass is 9.83. The molecule has 0 saturated carbocycles. The highest BCUT2D eigenvalue weighted by Crippen LogP contribution is 2.47. The Morgan fingerprint density at radius 3 is 1.23 bits per heavy atom. The van der Waals surface area contributed by atoms with Crippen LogP contribution in [0.2, 0.25) is 0 Å². The predicted molar refractivity (Wildman–Crippen MR) is 224 cm³/mol. The van der Waals surface area contributed by atoms with Crippen LogP contribution in [-0.4, -0.2) is 0 Å². The van der Waals surface area contributed by atoms with E-state index >= 15 is 0 Å². The van der Waals surface area contributed by atoms with Crippen molar-refractivity contribution >= 4 is 43.1 Å². The van der Waals surface area contributed by atoms with E-state index in [1.165, 1.54) is 98.7 Å². The van der Waals surface area contributed by atoms with E-state index in [0.717, 1.165) is 0 Å². The molecule has 242 valence electrons. The minimum absolute atomic E-state index is 1.21. The van der Waals surface area contributed by atoms with Crippen molar-refractivity contribution in [3.63, 3.8) is 0 Å². The van der Waals surface area contributed by atoms with Gasteiger partial charge in [-0.2, -0.15) is 0 Å². The van der Waals surface area contributed by atoms with Gasteiger partial charge in [-0.15, -0.1) is 0 Å². The van der Waals surface area contributed by atoms with E-state index < -0.39 is 0 Å². The summed E-state index contributed by atoms with van der Waals surface area (Å²) in [7, 11) is 0. The molecule has 0 heterocycles. The van der Waals surface area contributed by atoms with Gasteiger partial charge < -0.3 is 0 Å². The molecule has 52 heavy (non-hydrogen) atoms. The number of rotatable bonds is 5. The van der Waals surface area contributed by atoms with E-state index in [1.807, 2.05) is 0 Å². The Balaban J connectivity index is 1.26. The third-order valence-corrected chi connectivity index (χ3v) is 10.6. The van der Waals surface area contributed by atoms with Crippen LogP contribution in [0.1, 0.15) is 0 Å². The Hall–Kier alpha value is -6.76. The molecule has 0 aliphatic heterocycles. The molecule has 0 saturated heterocycles. The van der Waals surface area contributed by atoms with Crippen LogP contribution in [0.5, 0.6) is 0 Å². The van der Waals surface area contributed by atoms with Gasteiger partial charge in [-0.1, -0.05) is 188 Å². The molecule has 0 aliphatic rings. The molecule has 10 aromatic carbocycles. The minimum atomic E-state index is 1.21. The van der Waals surface area contributed by atoms with E-state index in [1.54, 1.807) is 0 Å². The van der Waals surface area contributed by atoms with Crippen molar-refractivity contribution in [3.8, 4) is 55.6 Å². The highest BCUT2D eigenvalue weighted by Gasteiger charge is 2.19. The smallest absolute Gasteiger partial charge is 0.00199 e. The maximum Gasteiger partial charge on any atom is -0.00199 e. The molecule has 0 unspecified atom stereocenters. The van der Waals surface area contributed by atoms with E-state index in [4.69, 9.17) is 0 Å². The summed E-state index contributed by atoms with van der Waals surface area (Å²) >= 11 is 0. The second-order valence-corrected chi connectivity index (χ2v) is 13.6.